The molecule has 5 heteroatoms. The number of H-pyrrole nitrogens is 1. The summed E-state index contributed by atoms with van der Waals surface area (Å²) in [4.78, 5) is 15.3. The second-order valence-electron chi connectivity index (χ2n) is 4.54. The van der Waals surface area contributed by atoms with Crippen LogP contribution < -0.4 is 0 Å². The van der Waals surface area contributed by atoms with Crippen molar-refractivity contribution in [3.05, 3.63) is 59.0 Å². The van der Waals surface area contributed by atoms with Crippen molar-refractivity contribution in [2.75, 3.05) is 0 Å². The summed E-state index contributed by atoms with van der Waals surface area (Å²) in [6.07, 6.45) is 8.56. The Hall–Kier alpha value is -2.33. The number of aromatic amines is 1. The van der Waals surface area contributed by atoms with E-state index in [-0.39, 0.29) is 5.78 Å². The van der Waals surface area contributed by atoms with E-state index in [1.807, 2.05) is 19.3 Å². The van der Waals surface area contributed by atoms with Gasteiger partial charge in [-0.2, -0.15) is 5.10 Å². The number of nitrogens with zero attached hydrogens (tertiary/aromatic N) is 2. The van der Waals surface area contributed by atoms with Gasteiger partial charge in [0, 0.05) is 46.5 Å². The Balaban J connectivity index is 1.91. The molecule has 20 heavy (non-hydrogen) atoms. The predicted octanol–water partition coefficient (Wildman–Crippen LogP) is 3.45. The van der Waals surface area contributed by atoms with Crippen molar-refractivity contribution in [3.8, 4) is 0 Å². The smallest absolute Gasteiger partial charge is 0.188 e. The maximum Gasteiger partial charge on any atom is 0.188 e. The van der Waals surface area contributed by atoms with Crippen LogP contribution >= 0.6 is 11.6 Å². The molecule has 100 valence electrons. The van der Waals surface area contributed by atoms with Crippen LogP contribution in [0.4, 0.5) is 0 Å². The minimum atomic E-state index is -0.0533. The molecule has 4 nitrogen and oxygen atoms in total. The van der Waals surface area contributed by atoms with Crippen molar-refractivity contribution >= 4 is 34.4 Å². The molecule has 1 aromatic carbocycles. The molecular formula is C15H12ClN3O. The molecule has 2 aromatic heterocycles. The van der Waals surface area contributed by atoms with Gasteiger partial charge in [-0.05, 0) is 24.3 Å². The first-order valence-electron chi connectivity index (χ1n) is 6.11. The van der Waals surface area contributed by atoms with E-state index in [9.17, 15) is 4.79 Å². The van der Waals surface area contributed by atoms with E-state index >= 15 is 0 Å². The molecule has 0 unspecified atom stereocenters. The number of hydrogen-bond donors (Lipinski definition) is 1. The monoisotopic (exact) mass is 285 g/mol. The summed E-state index contributed by atoms with van der Waals surface area (Å²) in [5.41, 5.74) is 2.39. The van der Waals surface area contributed by atoms with Crippen LogP contribution in [0.5, 0.6) is 0 Å². The first kappa shape index (κ1) is 12.7. The molecule has 0 fully saturated rings. The van der Waals surface area contributed by atoms with E-state index in [0.29, 0.717) is 10.6 Å². The Morgan fingerprint density at radius 1 is 1.45 bits per heavy atom. The molecule has 0 saturated heterocycles. The van der Waals surface area contributed by atoms with Gasteiger partial charge in [0.2, 0.25) is 0 Å². The van der Waals surface area contributed by atoms with Gasteiger partial charge in [-0.25, -0.2) is 0 Å². The largest absolute Gasteiger partial charge is 0.360 e. The number of carbonyl (C=O) groups excluding carboxylic acids is 1. The summed E-state index contributed by atoms with van der Waals surface area (Å²) in [5.74, 6) is -0.0533. The molecule has 1 N–H and O–H groups in total. The number of halogens is 1. The van der Waals surface area contributed by atoms with E-state index in [1.165, 1.54) is 0 Å². The SMILES string of the molecule is Cn1cc(C=CC(=O)c2c[nH]c3cc(Cl)ccc23)cn1. The summed E-state index contributed by atoms with van der Waals surface area (Å²) in [6, 6.07) is 5.43. The van der Waals surface area contributed by atoms with E-state index in [0.717, 1.165) is 16.5 Å². The number of carbonyl (C=O) groups is 1. The molecule has 0 radical (unpaired) electrons. The highest BCUT2D eigenvalue weighted by Gasteiger charge is 2.09. The van der Waals surface area contributed by atoms with E-state index < -0.39 is 0 Å². The average molecular weight is 286 g/mol. The van der Waals surface area contributed by atoms with Crippen LogP contribution in [0.1, 0.15) is 15.9 Å². The molecule has 0 aliphatic carbocycles. The lowest BCUT2D eigenvalue weighted by molar-refractivity contribution is 0.104. The Kier molecular flexibility index (Phi) is 3.16. The standard InChI is InChI=1S/C15H12ClN3O/c1-19-9-10(7-18-19)2-5-15(20)13-8-17-14-6-11(16)3-4-12(13)14/h2-9,17H,1H3. The molecule has 3 aromatic rings. The lowest BCUT2D eigenvalue weighted by atomic mass is 10.1. The van der Waals surface area contributed by atoms with Gasteiger partial charge in [-0.3, -0.25) is 9.48 Å². The first-order valence-corrected chi connectivity index (χ1v) is 6.49. The highest BCUT2D eigenvalue weighted by molar-refractivity contribution is 6.31. The molecular weight excluding hydrogens is 274 g/mol. The molecule has 3 rings (SSSR count). The van der Waals surface area contributed by atoms with Gasteiger partial charge < -0.3 is 4.98 Å². The normalized spacial score (nSPS) is 11.5. The van der Waals surface area contributed by atoms with Gasteiger partial charge in [0.15, 0.2) is 5.78 Å². The predicted molar refractivity (Wildman–Crippen MR) is 79.9 cm³/mol. The second-order valence-corrected chi connectivity index (χ2v) is 4.97. The molecule has 0 aliphatic rings. The third kappa shape index (κ3) is 2.38. The summed E-state index contributed by atoms with van der Waals surface area (Å²) in [7, 11) is 1.84. The third-order valence-corrected chi connectivity index (χ3v) is 3.30. The van der Waals surface area contributed by atoms with Crippen molar-refractivity contribution in [1.82, 2.24) is 14.8 Å². The Morgan fingerprint density at radius 2 is 2.30 bits per heavy atom. The van der Waals surface area contributed by atoms with Crippen LogP contribution in [0, 0.1) is 0 Å². The molecule has 0 aliphatic heterocycles. The van der Waals surface area contributed by atoms with Gasteiger partial charge in [-0.15, -0.1) is 0 Å². The summed E-state index contributed by atoms with van der Waals surface area (Å²) < 4.78 is 1.69. The van der Waals surface area contributed by atoms with Gasteiger partial charge in [-0.1, -0.05) is 17.7 Å². The minimum Gasteiger partial charge on any atom is -0.360 e. The summed E-state index contributed by atoms with van der Waals surface area (Å²) >= 11 is 5.92. The van der Waals surface area contributed by atoms with Crippen LogP contribution in [0.3, 0.4) is 0 Å². The molecule has 2 heterocycles. The van der Waals surface area contributed by atoms with Crippen LogP contribution in [0.2, 0.25) is 5.02 Å². The van der Waals surface area contributed by atoms with Crippen molar-refractivity contribution < 1.29 is 4.79 Å². The fourth-order valence-corrected chi connectivity index (χ4v) is 2.26. The zero-order valence-electron chi connectivity index (χ0n) is 10.8. The zero-order chi connectivity index (χ0) is 14.1. The number of aromatic nitrogens is 3. The number of ketones is 1. The second kappa shape index (κ2) is 4.98. The third-order valence-electron chi connectivity index (χ3n) is 3.06. The first-order chi connectivity index (χ1) is 9.63. The topological polar surface area (TPSA) is 50.7 Å². The number of benzene rings is 1. The molecule has 0 amide bonds. The number of fused-ring (bicyclic) bond motifs is 1. The van der Waals surface area contributed by atoms with Crippen molar-refractivity contribution in [1.29, 1.82) is 0 Å². The van der Waals surface area contributed by atoms with E-state index in [2.05, 4.69) is 10.1 Å². The number of allylic oxidation sites excluding steroid dienone is 1. The average Bonchev–Trinajstić information content (AvgIpc) is 3.01. The zero-order valence-corrected chi connectivity index (χ0v) is 11.6. The number of rotatable bonds is 3. The highest BCUT2D eigenvalue weighted by Crippen LogP contribution is 2.22. The van der Waals surface area contributed by atoms with E-state index in [4.69, 9.17) is 11.6 Å². The number of nitrogens with one attached hydrogen (secondary N) is 1. The van der Waals surface area contributed by atoms with Crippen LogP contribution in [0.25, 0.3) is 17.0 Å². The van der Waals surface area contributed by atoms with Crippen molar-refractivity contribution in [2.45, 2.75) is 0 Å². The van der Waals surface area contributed by atoms with Crippen LogP contribution in [-0.2, 0) is 7.05 Å². The van der Waals surface area contributed by atoms with Gasteiger partial charge in [0.05, 0.1) is 6.20 Å². The fraction of sp³-hybridized carbons (Fsp3) is 0.0667. The van der Waals surface area contributed by atoms with Gasteiger partial charge in [0.1, 0.15) is 0 Å². The number of aryl methyl sites for hydroxylation is 1. The van der Waals surface area contributed by atoms with Gasteiger partial charge in [0.25, 0.3) is 0 Å². The Labute approximate surface area is 120 Å². The fourth-order valence-electron chi connectivity index (χ4n) is 2.09. The lowest BCUT2D eigenvalue weighted by Gasteiger charge is -1.94. The Morgan fingerprint density at radius 3 is 3.05 bits per heavy atom. The molecule has 0 atom stereocenters. The maximum absolute atomic E-state index is 12.2. The highest BCUT2D eigenvalue weighted by atomic mass is 35.5. The summed E-state index contributed by atoms with van der Waals surface area (Å²) in [6.45, 7) is 0. The van der Waals surface area contributed by atoms with Crippen molar-refractivity contribution in [2.24, 2.45) is 7.05 Å². The maximum atomic E-state index is 12.2. The quantitative estimate of drug-likeness (QED) is 0.592. The summed E-state index contributed by atoms with van der Waals surface area (Å²) in [5, 5.41) is 5.56. The van der Waals surface area contributed by atoms with E-state index in [1.54, 1.807) is 41.4 Å². The van der Waals surface area contributed by atoms with Crippen LogP contribution in [0.15, 0.2) is 42.9 Å². The van der Waals surface area contributed by atoms with Crippen molar-refractivity contribution in [3.63, 3.8) is 0 Å². The molecule has 0 spiro atoms. The number of hydrogen-bond acceptors (Lipinski definition) is 2. The Bertz CT molecular complexity index is 814. The van der Waals surface area contributed by atoms with Gasteiger partial charge >= 0.3 is 0 Å². The lowest BCUT2D eigenvalue weighted by Crippen LogP contribution is -1.91. The van der Waals surface area contributed by atoms with Crippen LogP contribution in [-0.4, -0.2) is 20.5 Å². The molecule has 0 bridgehead atoms. The minimum absolute atomic E-state index is 0.0533. The molecule has 0 saturated carbocycles.